The minimum atomic E-state index is 0. The fourth-order valence-corrected chi connectivity index (χ4v) is 5.70. The second kappa shape index (κ2) is 19.4. The summed E-state index contributed by atoms with van der Waals surface area (Å²) >= 11 is 0. The van der Waals surface area contributed by atoms with Crippen molar-refractivity contribution in [1.82, 2.24) is 0 Å². The molecule has 0 heterocycles. The number of fused-ring (bicyclic) bond motifs is 2. The quantitative estimate of drug-likeness (QED) is 0.161. The predicted octanol–water partition coefficient (Wildman–Crippen LogP) is 12.4. The van der Waals surface area contributed by atoms with Crippen LogP contribution >= 0.6 is 13.5 Å². The highest BCUT2D eigenvalue weighted by Gasteiger charge is 2.19. The van der Waals surface area contributed by atoms with Crippen LogP contribution in [0.1, 0.15) is 137 Å². The summed E-state index contributed by atoms with van der Waals surface area (Å²) < 4.78 is 6.76. The molecule has 3 unspecified atom stereocenters. The van der Waals surface area contributed by atoms with Crippen molar-refractivity contribution in [3.8, 4) is 5.75 Å². The molecule has 3 rings (SSSR count). The summed E-state index contributed by atoms with van der Waals surface area (Å²) in [6.07, 6.45) is 13.9. The van der Waals surface area contributed by atoms with Gasteiger partial charge in [-0.3, -0.25) is 0 Å². The van der Waals surface area contributed by atoms with E-state index in [1.54, 1.807) is 0 Å². The van der Waals surface area contributed by atoms with Crippen molar-refractivity contribution in [3.63, 3.8) is 0 Å². The molecule has 0 bridgehead atoms. The van der Waals surface area contributed by atoms with Gasteiger partial charge in [0.2, 0.25) is 0 Å². The molecule has 0 radical (unpaired) electrons. The summed E-state index contributed by atoms with van der Waals surface area (Å²) in [5.41, 5.74) is 2.99. The van der Waals surface area contributed by atoms with Gasteiger partial charge in [-0.2, -0.15) is 13.5 Å². The molecule has 3 aromatic carbocycles. The van der Waals surface area contributed by atoms with Crippen molar-refractivity contribution in [3.05, 3.63) is 53.6 Å². The zero-order valence-corrected chi connectivity index (χ0v) is 27.7. The first-order valence-corrected chi connectivity index (χ1v) is 16.2. The van der Waals surface area contributed by atoms with Crippen LogP contribution in [0, 0.1) is 11.8 Å². The van der Waals surface area contributed by atoms with E-state index in [1.165, 1.54) is 96.9 Å². The second-order valence-corrected chi connectivity index (χ2v) is 11.2. The molecule has 1 nitrogen and oxygen atoms in total. The third-order valence-electron chi connectivity index (χ3n) is 8.64. The first kappa shape index (κ1) is 35.4. The molecule has 220 valence electrons. The first-order valence-electron chi connectivity index (χ1n) is 16.2. The van der Waals surface area contributed by atoms with Gasteiger partial charge in [0.25, 0.3) is 0 Å². The number of benzene rings is 3. The molecule has 0 aliphatic carbocycles. The van der Waals surface area contributed by atoms with Crippen LogP contribution in [-0.2, 0) is 6.42 Å². The lowest BCUT2D eigenvalue weighted by Crippen LogP contribution is -2.12. The van der Waals surface area contributed by atoms with E-state index in [-0.39, 0.29) is 13.5 Å². The Kier molecular flexibility index (Phi) is 17.6. The number of ether oxygens (including phenoxy) is 1. The lowest BCUT2D eigenvalue weighted by Gasteiger charge is -2.22. The van der Waals surface area contributed by atoms with Gasteiger partial charge in [-0.1, -0.05) is 143 Å². The van der Waals surface area contributed by atoms with Crippen LogP contribution in [0.25, 0.3) is 21.5 Å². The van der Waals surface area contributed by atoms with Crippen molar-refractivity contribution < 1.29 is 4.74 Å². The fourth-order valence-electron chi connectivity index (χ4n) is 5.70. The van der Waals surface area contributed by atoms with E-state index < -0.39 is 0 Å². The molecule has 3 atom stereocenters. The molecule has 0 aliphatic rings. The Balaban J connectivity index is 0.00000248. The van der Waals surface area contributed by atoms with Crippen molar-refractivity contribution in [2.24, 2.45) is 11.8 Å². The molecule has 0 fully saturated rings. The summed E-state index contributed by atoms with van der Waals surface area (Å²) in [7, 11) is 0. The van der Waals surface area contributed by atoms with Gasteiger partial charge in [0.05, 0.1) is 6.61 Å². The Morgan fingerprint density at radius 1 is 0.667 bits per heavy atom. The predicted molar refractivity (Wildman–Crippen MR) is 182 cm³/mol. The third kappa shape index (κ3) is 9.73. The van der Waals surface area contributed by atoms with Gasteiger partial charge in [-0.15, -0.1) is 0 Å². The summed E-state index contributed by atoms with van der Waals surface area (Å²) in [6.45, 7) is 18.8. The van der Waals surface area contributed by atoms with Crippen LogP contribution in [0.3, 0.4) is 0 Å². The van der Waals surface area contributed by atoms with Gasteiger partial charge < -0.3 is 4.74 Å². The van der Waals surface area contributed by atoms with Crippen LogP contribution in [0.15, 0.2) is 42.5 Å². The molecular formula is C37H60OS. The highest BCUT2D eigenvalue weighted by Crippen LogP contribution is 2.41. The molecule has 0 aromatic heterocycles. The maximum absolute atomic E-state index is 6.76. The number of rotatable bonds is 16. The highest BCUT2D eigenvalue weighted by atomic mass is 32.1. The third-order valence-corrected chi connectivity index (χ3v) is 8.64. The average Bonchev–Trinajstić information content (AvgIpc) is 2.97. The molecule has 2 heteroatoms. The van der Waals surface area contributed by atoms with Crippen LogP contribution in [0.2, 0.25) is 0 Å². The smallest absolute Gasteiger partial charge is 0.134 e. The SMILES string of the molecule is CC.CCCCC(CC)CCc1c2ccccc2c(OCC(CC)CCCC)c2ccc(C(C)CC)cc12.S. The minimum absolute atomic E-state index is 0. The van der Waals surface area contributed by atoms with E-state index >= 15 is 0 Å². The zero-order valence-electron chi connectivity index (χ0n) is 26.7. The zero-order chi connectivity index (χ0) is 27.9. The summed E-state index contributed by atoms with van der Waals surface area (Å²) in [4.78, 5) is 0. The Morgan fingerprint density at radius 2 is 1.26 bits per heavy atom. The summed E-state index contributed by atoms with van der Waals surface area (Å²) in [6, 6.07) is 16.2. The van der Waals surface area contributed by atoms with Crippen molar-refractivity contribution in [1.29, 1.82) is 0 Å². The van der Waals surface area contributed by atoms with Crippen LogP contribution in [0.5, 0.6) is 5.75 Å². The van der Waals surface area contributed by atoms with Gasteiger partial charge >= 0.3 is 0 Å². The van der Waals surface area contributed by atoms with Crippen molar-refractivity contribution >= 4 is 35.0 Å². The first-order chi connectivity index (χ1) is 18.6. The molecule has 0 saturated heterocycles. The molecule has 0 aliphatic heterocycles. The molecule has 0 amide bonds. The maximum Gasteiger partial charge on any atom is 0.134 e. The molecular weight excluding hydrogens is 492 g/mol. The van der Waals surface area contributed by atoms with Gasteiger partial charge in [-0.25, -0.2) is 0 Å². The van der Waals surface area contributed by atoms with Crippen LogP contribution in [-0.4, -0.2) is 6.61 Å². The van der Waals surface area contributed by atoms with Crippen LogP contribution in [0.4, 0.5) is 0 Å². The van der Waals surface area contributed by atoms with E-state index in [0.29, 0.717) is 11.8 Å². The van der Waals surface area contributed by atoms with Crippen molar-refractivity contribution in [2.75, 3.05) is 6.61 Å². The lowest BCUT2D eigenvalue weighted by atomic mass is 9.86. The molecule has 0 N–H and O–H groups in total. The molecule has 3 aromatic rings. The Labute approximate surface area is 249 Å². The monoisotopic (exact) mass is 552 g/mol. The number of aryl methyl sites for hydroxylation is 1. The minimum Gasteiger partial charge on any atom is -0.492 e. The van der Waals surface area contributed by atoms with Gasteiger partial charge in [-0.05, 0) is 65.3 Å². The lowest BCUT2D eigenvalue weighted by molar-refractivity contribution is 0.238. The normalized spacial score (nSPS) is 13.3. The molecule has 39 heavy (non-hydrogen) atoms. The van der Waals surface area contributed by atoms with E-state index in [4.69, 9.17) is 4.74 Å². The molecule has 0 saturated carbocycles. The van der Waals surface area contributed by atoms with E-state index in [9.17, 15) is 0 Å². The van der Waals surface area contributed by atoms with Crippen molar-refractivity contribution in [2.45, 2.75) is 132 Å². The van der Waals surface area contributed by atoms with E-state index in [0.717, 1.165) is 24.7 Å². The largest absolute Gasteiger partial charge is 0.492 e. The Bertz CT molecular complexity index is 1070. The Hall–Kier alpha value is -1.67. The molecule has 0 spiro atoms. The summed E-state index contributed by atoms with van der Waals surface area (Å²) in [5.74, 6) is 3.12. The van der Waals surface area contributed by atoms with E-state index in [1.807, 2.05) is 13.8 Å². The Morgan fingerprint density at radius 3 is 1.85 bits per heavy atom. The standard InChI is InChI=1S/C35H52O.C2H6.H2S/c1-7-12-16-27(10-4)20-22-31-30-18-14-15-19-32(30)35(36-25-28(11-5)17-13-8-2)33-23-21-29(24-34(31)33)26(6)9-3;1-2;/h14-15,18-19,21,23-24,26-28H,7-13,16-17,20,22,25H2,1-6H3;1-2H3;1H2. The van der Waals surface area contributed by atoms with E-state index in [2.05, 4.69) is 84.0 Å². The number of unbranched alkanes of at least 4 members (excludes halogenated alkanes) is 2. The van der Waals surface area contributed by atoms with Gasteiger partial charge in [0.1, 0.15) is 5.75 Å². The number of hydrogen-bond acceptors (Lipinski definition) is 1. The maximum atomic E-state index is 6.76. The topological polar surface area (TPSA) is 9.23 Å². The number of hydrogen-bond donors (Lipinski definition) is 0. The highest BCUT2D eigenvalue weighted by molar-refractivity contribution is 7.59. The fraction of sp³-hybridized carbons (Fsp3) is 0.622. The summed E-state index contributed by atoms with van der Waals surface area (Å²) in [5, 5.41) is 5.42. The average molecular weight is 553 g/mol. The van der Waals surface area contributed by atoms with Crippen LogP contribution < -0.4 is 4.74 Å². The van der Waals surface area contributed by atoms with Gasteiger partial charge in [0, 0.05) is 10.8 Å². The van der Waals surface area contributed by atoms with Gasteiger partial charge in [0.15, 0.2) is 0 Å². The second-order valence-electron chi connectivity index (χ2n) is 11.2.